The van der Waals surface area contributed by atoms with Crippen LogP contribution in [-0.4, -0.2) is 14.5 Å². The van der Waals surface area contributed by atoms with Crippen molar-refractivity contribution in [3.05, 3.63) is 89.1 Å². The van der Waals surface area contributed by atoms with Gasteiger partial charge in [0.25, 0.3) is 0 Å². The lowest BCUT2D eigenvalue weighted by molar-refractivity contribution is 1.01. The molecule has 4 rings (SSSR count). The third kappa shape index (κ3) is 2.49. The van der Waals surface area contributed by atoms with Gasteiger partial charge in [-0.3, -0.25) is 9.97 Å². The second-order valence-corrected chi connectivity index (χ2v) is 5.86. The van der Waals surface area contributed by atoms with Gasteiger partial charge in [0.1, 0.15) is 13.1 Å². The lowest BCUT2D eigenvalue weighted by Gasteiger charge is -2.01. The third-order valence-corrected chi connectivity index (χ3v) is 4.37. The minimum atomic E-state index is 0.0560. The molecule has 0 amide bonds. The van der Waals surface area contributed by atoms with Gasteiger partial charge in [0.2, 0.25) is 0 Å². The standard InChI is InChI=1S/C21H13N5/c1-22-21(23-2)11-14-7-8-19-15(10-14)16-12-18(17-6-4-5-9-24-17)25-13-20(16)26(19)3/h4-13H,3H3. The number of aryl methyl sites for hydroxylation is 1. The molecule has 0 N–H and O–H groups in total. The maximum Gasteiger partial charge on any atom is 0.519 e. The number of hydrogen-bond donors (Lipinski definition) is 0. The molecular weight excluding hydrogens is 322 g/mol. The van der Waals surface area contributed by atoms with Crippen LogP contribution in [0, 0.1) is 13.1 Å². The molecule has 0 saturated heterocycles. The summed E-state index contributed by atoms with van der Waals surface area (Å²) in [6.45, 7) is 14.1. The SMILES string of the molecule is [C-]#[N+]C(=Cc1ccc2c(c1)c1cc(-c3ccccn3)ncc1n2C)[N+]#[C-]. The molecule has 0 saturated carbocycles. The van der Waals surface area contributed by atoms with E-state index < -0.39 is 0 Å². The van der Waals surface area contributed by atoms with Crippen molar-refractivity contribution < 1.29 is 0 Å². The molecule has 1 aromatic carbocycles. The first kappa shape index (κ1) is 15.6. The van der Waals surface area contributed by atoms with E-state index in [1.165, 1.54) is 0 Å². The monoisotopic (exact) mass is 335 g/mol. The normalized spacial score (nSPS) is 10.4. The minimum Gasteiger partial charge on any atom is -0.342 e. The molecule has 0 fully saturated rings. The predicted octanol–water partition coefficient (Wildman–Crippen LogP) is 4.93. The molecule has 0 aliphatic carbocycles. The van der Waals surface area contributed by atoms with Crippen LogP contribution in [0.5, 0.6) is 0 Å². The first-order valence-electron chi connectivity index (χ1n) is 7.97. The van der Waals surface area contributed by atoms with Gasteiger partial charge < -0.3 is 4.57 Å². The van der Waals surface area contributed by atoms with Crippen molar-refractivity contribution >= 4 is 27.9 Å². The van der Waals surface area contributed by atoms with E-state index in [-0.39, 0.29) is 5.82 Å². The summed E-state index contributed by atoms with van der Waals surface area (Å²) >= 11 is 0. The Labute approximate surface area is 150 Å². The number of hydrogen-bond acceptors (Lipinski definition) is 2. The molecule has 5 nitrogen and oxygen atoms in total. The van der Waals surface area contributed by atoms with Crippen molar-refractivity contribution in [3.8, 4) is 11.4 Å². The number of pyridine rings is 2. The highest BCUT2D eigenvalue weighted by atomic mass is 14.9. The molecule has 0 aliphatic rings. The van der Waals surface area contributed by atoms with Gasteiger partial charge in [-0.05, 0) is 35.9 Å². The van der Waals surface area contributed by atoms with E-state index in [1.54, 1.807) is 12.3 Å². The van der Waals surface area contributed by atoms with E-state index in [4.69, 9.17) is 13.1 Å². The first-order valence-corrected chi connectivity index (χ1v) is 7.97. The summed E-state index contributed by atoms with van der Waals surface area (Å²) < 4.78 is 2.10. The van der Waals surface area contributed by atoms with E-state index in [0.717, 1.165) is 38.8 Å². The summed E-state index contributed by atoms with van der Waals surface area (Å²) in [5.74, 6) is 0.0560. The molecule has 3 aromatic heterocycles. The molecule has 122 valence electrons. The van der Waals surface area contributed by atoms with Crippen LogP contribution in [-0.2, 0) is 7.05 Å². The Morgan fingerprint density at radius 3 is 2.50 bits per heavy atom. The van der Waals surface area contributed by atoms with E-state index in [0.29, 0.717) is 0 Å². The molecule has 0 atom stereocenters. The van der Waals surface area contributed by atoms with Crippen LogP contribution in [0.1, 0.15) is 5.56 Å². The number of fused-ring (bicyclic) bond motifs is 3. The van der Waals surface area contributed by atoms with Crippen LogP contribution in [0.3, 0.4) is 0 Å². The fourth-order valence-corrected chi connectivity index (χ4v) is 3.11. The average molecular weight is 335 g/mol. The molecular formula is C21H13N5. The number of nitrogens with zero attached hydrogens (tertiary/aromatic N) is 5. The zero-order chi connectivity index (χ0) is 18.1. The summed E-state index contributed by atoms with van der Waals surface area (Å²) in [5.41, 5.74) is 4.57. The van der Waals surface area contributed by atoms with Crippen molar-refractivity contribution in [2.45, 2.75) is 0 Å². The van der Waals surface area contributed by atoms with Gasteiger partial charge in [-0.15, -0.1) is 0 Å². The minimum absolute atomic E-state index is 0.0560. The zero-order valence-electron chi connectivity index (χ0n) is 14.0. The van der Waals surface area contributed by atoms with E-state index >= 15 is 0 Å². The molecule has 0 spiro atoms. The quantitative estimate of drug-likeness (QED) is 0.488. The Kier molecular flexibility index (Phi) is 3.69. The number of aromatic nitrogens is 3. The summed E-state index contributed by atoms with van der Waals surface area (Å²) in [6.07, 6.45) is 5.22. The van der Waals surface area contributed by atoms with Gasteiger partial charge in [-0.2, -0.15) is 9.69 Å². The molecule has 0 unspecified atom stereocenters. The molecule has 5 heteroatoms. The van der Waals surface area contributed by atoms with Crippen LogP contribution >= 0.6 is 0 Å². The second kappa shape index (κ2) is 6.16. The van der Waals surface area contributed by atoms with Gasteiger partial charge in [-0.25, -0.2) is 0 Å². The highest BCUT2D eigenvalue weighted by Gasteiger charge is 2.12. The van der Waals surface area contributed by atoms with Gasteiger partial charge in [0, 0.05) is 35.6 Å². The van der Waals surface area contributed by atoms with Crippen molar-refractivity contribution in [3.63, 3.8) is 0 Å². The second-order valence-electron chi connectivity index (χ2n) is 5.86. The average Bonchev–Trinajstić information content (AvgIpc) is 2.98. The zero-order valence-corrected chi connectivity index (χ0v) is 14.0. The first-order chi connectivity index (χ1) is 12.7. The third-order valence-electron chi connectivity index (χ3n) is 4.37. The highest BCUT2D eigenvalue weighted by molar-refractivity contribution is 6.09. The summed E-state index contributed by atoms with van der Waals surface area (Å²) in [7, 11) is 2.01. The fraction of sp³-hybridized carbons (Fsp3) is 0.0476. The molecule has 0 aliphatic heterocycles. The molecule has 0 radical (unpaired) electrons. The highest BCUT2D eigenvalue weighted by Crippen LogP contribution is 2.31. The van der Waals surface area contributed by atoms with Crippen LogP contribution < -0.4 is 0 Å². The van der Waals surface area contributed by atoms with E-state index in [1.807, 2.05) is 55.7 Å². The van der Waals surface area contributed by atoms with Crippen molar-refractivity contribution in [1.29, 1.82) is 0 Å². The van der Waals surface area contributed by atoms with Gasteiger partial charge >= 0.3 is 5.82 Å². The predicted molar refractivity (Wildman–Crippen MR) is 103 cm³/mol. The van der Waals surface area contributed by atoms with Gasteiger partial charge in [-0.1, -0.05) is 12.1 Å². The van der Waals surface area contributed by atoms with E-state index in [9.17, 15) is 0 Å². The van der Waals surface area contributed by atoms with E-state index in [2.05, 4.69) is 24.2 Å². The van der Waals surface area contributed by atoms with Crippen LogP contribution in [0.2, 0.25) is 0 Å². The van der Waals surface area contributed by atoms with Crippen LogP contribution in [0.25, 0.3) is 49.0 Å². The van der Waals surface area contributed by atoms with Crippen molar-refractivity contribution in [1.82, 2.24) is 14.5 Å². The summed E-state index contributed by atoms with van der Waals surface area (Å²) in [5, 5.41) is 2.13. The topological polar surface area (TPSA) is 39.4 Å². The van der Waals surface area contributed by atoms with Crippen LogP contribution in [0.15, 0.2) is 60.7 Å². The number of benzene rings is 1. The lowest BCUT2D eigenvalue weighted by atomic mass is 10.1. The largest absolute Gasteiger partial charge is 0.519 e. The molecule has 0 bridgehead atoms. The molecule has 4 aromatic rings. The number of rotatable bonds is 2. The fourth-order valence-electron chi connectivity index (χ4n) is 3.11. The Morgan fingerprint density at radius 2 is 1.77 bits per heavy atom. The summed E-state index contributed by atoms with van der Waals surface area (Å²) in [4.78, 5) is 15.4. The summed E-state index contributed by atoms with van der Waals surface area (Å²) in [6, 6.07) is 13.7. The lowest BCUT2D eigenvalue weighted by Crippen LogP contribution is -1.89. The Hall–Kier alpha value is -3.96. The van der Waals surface area contributed by atoms with Gasteiger partial charge in [0.15, 0.2) is 0 Å². The smallest absolute Gasteiger partial charge is 0.342 e. The molecule has 26 heavy (non-hydrogen) atoms. The molecule has 3 heterocycles. The van der Waals surface area contributed by atoms with Gasteiger partial charge in [0.05, 0.1) is 23.1 Å². The Morgan fingerprint density at radius 1 is 0.962 bits per heavy atom. The van der Waals surface area contributed by atoms with Crippen molar-refractivity contribution in [2.75, 3.05) is 0 Å². The Bertz CT molecular complexity index is 1240. The maximum absolute atomic E-state index is 7.05. The Balaban J connectivity index is 1.97. The van der Waals surface area contributed by atoms with Crippen molar-refractivity contribution in [2.24, 2.45) is 7.05 Å². The van der Waals surface area contributed by atoms with Crippen LogP contribution in [0.4, 0.5) is 0 Å². The maximum atomic E-state index is 7.05.